The Morgan fingerprint density at radius 3 is 2.85 bits per heavy atom. The van der Waals surface area contributed by atoms with Gasteiger partial charge in [-0.3, -0.25) is 4.99 Å². The van der Waals surface area contributed by atoms with Crippen LogP contribution in [0.5, 0.6) is 11.6 Å². The molecule has 4 rings (SSSR count). The molecular formula is C20H20N4O3. The second-order valence-corrected chi connectivity index (χ2v) is 6.16. The molecule has 1 aromatic carbocycles. The number of nitrogens with zero attached hydrogens (tertiary/aromatic N) is 4. The largest absolute Gasteiger partial charge is 0.508 e. The third kappa shape index (κ3) is 3.68. The average molecular weight is 364 g/mol. The fourth-order valence-corrected chi connectivity index (χ4v) is 3.01. The minimum atomic E-state index is 0.169. The summed E-state index contributed by atoms with van der Waals surface area (Å²) in [5, 5.41) is 9.78. The third-order valence-corrected chi connectivity index (χ3v) is 4.35. The number of allylic oxidation sites excluding steroid dienone is 1. The molecule has 0 spiro atoms. The highest BCUT2D eigenvalue weighted by atomic mass is 16.5. The first-order chi connectivity index (χ1) is 13.2. The molecule has 0 aliphatic carbocycles. The van der Waals surface area contributed by atoms with Gasteiger partial charge in [0.1, 0.15) is 11.5 Å². The van der Waals surface area contributed by atoms with Crippen LogP contribution < -0.4 is 4.74 Å². The Bertz CT molecular complexity index is 930. The van der Waals surface area contributed by atoms with Gasteiger partial charge in [0.05, 0.1) is 18.8 Å². The molecule has 7 heteroatoms. The van der Waals surface area contributed by atoms with Crippen LogP contribution in [0.3, 0.4) is 0 Å². The topological polar surface area (TPSA) is 79.5 Å². The van der Waals surface area contributed by atoms with Gasteiger partial charge in [0.15, 0.2) is 11.6 Å². The van der Waals surface area contributed by atoms with Crippen LogP contribution in [-0.4, -0.2) is 59.9 Å². The van der Waals surface area contributed by atoms with E-state index in [2.05, 4.69) is 14.9 Å². The maximum absolute atomic E-state index is 9.78. The lowest BCUT2D eigenvalue weighted by atomic mass is 10.1. The van der Waals surface area contributed by atoms with Gasteiger partial charge >= 0.3 is 0 Å². The normalized spacial score (nSPS) is 20.0. The molecule has 2 aliphatic rings. The van der Waals surface area contributed by atoms with Gasteiger partial charge in [0.25, 0.3) is 0 Å². The number of aromatic nitrogens is 1. The van der Waals surface area contributed by atoms with E-state index in [4.69, 9.17) is 14.5 Å². The first kappa shape index (κ1) is 17.2. The number of hydrogen-bond acceptors (Lipinski definition) is 6. The van der Waals surface area contributed by atoms with E-state index in [9.17, 15) is 5.11 Å². The van der Waals surface area contributed by atoms with Gasteiger partial charge in [-0.05, 0) is 24.3 Å². The molecule has 1 saturated heterocycles. The summed E-state index contributed by atoms with van der Waals surface area (Å²) in [6.07, 6.45) is 3.65. The highest BCUT2D eigenvalue weighted by Crippen LogP contribution is 2.30. The van der Waals surface area contributed by atoms with E-state index < -0.39 is 0 Å². The molecule has 27 heavy (non-hydrogen) atoms. The summed E-state index contributed by atoms with van der Waals surface area (Å²) >= 11 is 0. The molecule has 0 atom stereocenters. The standard InChI is InChI=1S/C20H20N4O3/c1-21-19(14-4-2-5-15(25)12-14)23-18-16-6-3-7-22-20(16)27-17(18)13-24-8-10-26-11-9-24/h2-7,12-13,25H,8-11H2,1H3/b17-13-,21-19?,23-18?. The van der Waals surface area contributed by atoms with Crippen molar-refractivity contribution in [3.8, 4) is 11.6 Å². The van der Waals surface area contributed by atoms with Crippen molar-refractivity contribution in [2.75, 3.05) is 33.4 Å². The Morgan fingerprint density at radius 2 is 2.07 bits per heavy atom. The van der Waals surface area contributed by atoms with Crippen molar-refractivity contribution in [2.24, 2.45) is 9.98 Å². The van der Waals surface area contributed by atoms with Crippen LogP contribution in [0.4, 0.5) is 0 Å². The van der Waals surface area contributed by atoms with Gasteiger partial charge in [-0.1, -0.05) is 12.1 Å². The predicted octanol–water partition coefficient (Wildman–Crippen LogP) is 2.22. The summed E-state index contributed by atoms with van der Waals surface area (Å²) in [4.78, 5) is 15.5. The number of rotatable bonds is 2. The van der Waals surface area contributed by atoms with Crippen LogP contribution in [0, 0.1) is 0 Å². The minimum absolute atomic E-state index is 0.169. The van der Waals surface area contributed by atoms with Crippen molar-refractivity contribution >= 4 is 11.5 Å². The first-order valence-electron chi connectivity index (χ1n) is 8.77. The Morgan fingerprint density at radius 1 is 1.22 bits per heavy atom. The number of phenolic OH excluding ortho intramolecular Hbond substituents is 1. The van der Waals surface area contributed by atoms with E-state index in [-0.39, 0.29) is 5.75 Å². The molecule has 3 heterocycles. The van der Waals surface area contributed by atoms with Crippen molar-refractivity contribution < 1.29 is 14.6 Å². The van der Waals surface area contributed by atoms with Crippen LogP contribution in [0.1, 0.15) is 11.1 Å². The zero-order chi connectivity index (χ0) is 18.6. The summed E-state index contributed by atoms with van der Waals surface area (Å²) in [7, 11) is 1.68. The first-order valence-corrected chi connectivity index (χ1v) is 8.77. The maximum atomic E-state index is 9.78. The maximum Gasteiger partial charge on any atom is 0.229 e. The number of aliphatic imine (C=N–C) groups is 2. The Labute approximate surface area is 157 Å². The van der Waals surface area contributed by atoms with Gasteiger partial charge < -0.3 is 19.5 Å². The van der Waals surface area contributed by atoms with Gasteiger partial charge in [-0.2, -0.15) is 0 Å². The number of amidine groups is 1. The van der Waals surface area contributed by atoms with E-state index in [1.165, 1.54) is 0 Å². The SMILES string of the molecule is CN=C(N=C1/C(=C/N2CCOCC2)Oc2ncccc21)c1cccc(O)c1. The average Bonchev–Trinajstić information content (AvgIpc) is 3.03. The second-order valence-electron chi connectivity index (χ2n) is 6.16. The van der Waals surface area contributed by atoms with E-state index in [0.29, 0.717) is 36.4 Å². The molecule has 0 radical (unpaired) electrons. The molecular weight excluding hydrogens is 344 g/mol. The molecule has 1 N–H and O–H groups in total. The number of fused-ring (bicyclic) bond motifs is 1. The van der Waals surface area contributed by atoms with Crippen LogP contribution in [0.2, 0.25) is 0 Å². The number of phenols is 1. The van der Waals surface area contributed by atoms with Crippen LogP contribution >= 0.6 is 0 Å². The fraction of sp³-hybridized carbons (Fsp3) is 0.250. The van der Waals surface area contributed by atoms with Gasteiger partial charge in [-0.25, -0.2) is 9.98 Å². The smallest absolute Gasteiger partial charge is 0.229 e. The number of pyridine rings is 1. The number of morpholine rings is 1. The summed E-state index contributed by atoms with van der Waals surface area (Å²) in [5.41, 5.74) is 2.22. The van der Waals surface area contributed by atoms with Crippen molar-refractivity contribution in [3.05, 3.63) is 65.7 Å². The van der Waals surface area contributed by atoms with Gasteiger partial charge in [-0.15, -0.1) is 0 Å². The zero-order valence-electron chi connectivity index (χ0n) is 15.0. The molecule has 1 fully saturated rings. The molecule has 0 unspecified atom stereocenters. The van der Waals surface area contributed by atoms with Crippen molar-refractivity contribution in [1.29, 1.82) is 0 Å². The molecule has 138 valence electrons. The molecule has 0 bridgehead atoms. The van der Waals surface area contributed by atoms with Crippen molar-refractivity contribution in [1.82, 2.24) is 9.88 Å². The molecule has 2 aromatic rings. The Kier molecular flexibility index (Phi) is 4.84. The lowest BCUT2D eigenvalue weighted by Gasteiger charge is -2.25. The number of benzene rings is 1. The summed E-state index contributed by atoms with van der Waals surface area (Å²) in [5.74, 6) is 1.84. The molecule has 0 amide bonds. The van der Waals surface area contributed by atoms with Crippen LogP contribution in [-0.2, 0) is 4.74 Å². The lowest BCUT2D eigenvalue weighted by Crippen LogP contribution is -2.33. The number of aromatic hydroxyl groups is 1. The molecule has 2 aliphatic heterocycles. The van der Waals surface area contributed by atoms with Crippen LogP contribution in [0.25, 0.3) is 0 Å². The zero-order valence-corrected chi connectivity index (χ0v) is 15.0. The highest BCUT2D eigenvalue weighted by Gasteiger charge is 2.28. The van der Waals surface area contributed by atoms with Crippen molar-refractivity contribution in [2.45, 2.75) is 0 Å². The summed E-state index contributed by atoms with van der Waals surface area (Å²) in [6.45, 7) is 2.97. The summed E-state index contributed by atoms with van der Waals surface area (Å²) in [6, 6.07) is 10.7. The van der Waals surface area contributed by atoms with Crippen molar-refractivity contribution in [3.63, 3.8) is 0 Å². The van der Waals surface area contributed by atoms with E-state index in [1.54, 1.807) is 31.4 Å². The van der Waals surface area contributed by atoms with E-state index in [0.717, 1.165) is 24.2 Å². The minimum Gasteiger partial charge on any atom is -0.508 e. The van der Waals surface area contributed by atoms with E-state index >= 15 is 0 Å². The molecule has 1 aromatic heterocycles. The Hall–Kier alpha value is -3.19. The summed E-state index contributed by atoms with van der Waals surface area (Å²) < 4.78 is 11.4. The monoisotopic (exact) mass is 364 g/mol. The number of hydrogen-bond donors (Lipinski definition) is 1. The predicted molar refractivity (Wildman–Crippen MR) is 102 cm³/mol. The van der Waals surface area contributed by atoms with Crippen LogP contribution in [0.15, 0.2) is 64.5 Å². The van der Waals surface area contributed by atoms with Gasteiger partial charge in [0.2, 0.25) is 5.88 Å². The quantitative estimate of drug-likeness (QED) is 0.653. The number of ether oxygens (including phenoxy) is 2. The highest BCUT2D eigenvalue weighted by molar-refractivity contribution is 6.21. The van der Waals surface area contributed by atoms with E-state index in [1.807, 2.05) is 24.4 Å². The Balaban J connectivity index is 1.75. The molecule has 0 saturated carbocycles. The fourth-order valence-electron chi connectivity index (χ4n) is 3.01. The third-order valence-electron chi connectivity index (χ3n) is 4.35. The lowest BCUT2D eigenvalue weighted by molar-refractivity contribution is 0.0584. The second kappa shape index (κ2) is 7.59. The van der Waals surface area contributed by atoms with Gasteiger partial charge in [0, 0.05) is 38.1 Å². The molecule has 7 nitrogen and oxygen atoms in total.